The quantitative estimate of drug-likeness (QED) is 0.355. The van der Waals surface area contributed by atoms with Gasteiger partial charge in [-0.1, -0.05) is 12.1 Å². The Bertz CT molecular complexity index is 1660. The number of nitrogens with two attached hydrogens (primary N) is 1. The number of aryl methyl sites for hydroxylation is 1. The lowest BCUT2D eigenvalue weighted by molar-refractivity contribution is 0.170. The Hall–Kier alpha value is -3.74. The van der Waals surface area contributed by atoms with Gasteiger partial charge in [0.25, 0.3) is 0 Å². The molecule has 0 bridgehead atoms. The molecule has 3 aromatic rings. The van der Waals surface area contributed by atoms with Crippen molar-refractivity contribution in [3.8, 4) is 5.75 Å². The predicted octanol–water partition coefficient (Wildman–Crippen LogP) is 3.24. The number of anilines is 4. The summed E-state index contributed by atoms with van der Waals surface area (Å²) in [6.45, 7) is 8.83. The first-order valence-corrected chi connectivity index (χ1v) is 16.1. The number of hydrogen-bond acceptors (Lipinski definition) is 9. The van der Waals surface area contributed by atoms with Crippen LogP contribution in [-0.4, -0.2) is 76.3 Å². The Balaban J connectivity index is 1.41. The number of fused-ring (bicyclic) bond motifs is 2. The Morgan fingerprint density at radius 3 is 2.60 bits per heavy atom. The van der Waals surface area contributed by atoms with Gasteiger partial charge in [0, 0.05) is 49.7 Å². The van der Waals surface area contributed by atoms with Gasteiger partial charge in [0.15, 0.2) is 0 Å². The maximum Gasteiger partial charge on any atom is 0.232 e. The fraction of sp³-hybridized carbons (Fsp3) is 0.433. The Morgan fingerprint density at radius 2 is 1.90 bits per heavy atom. The number of hydrogen-bond donors (Lipinski definition) is 4. The summed E-state index contributed by atoms with van der Waals surface area (Å²) >= 11 is 0. The van der Waals surface area contributed by atoms with Crippen LogP contribution >= 0.6 is 0 Å². The summed E-state index contributed by atoms with van der Waals surface area (Å²) in [6, 6.07) is 12.6. The van der Waals surface area contributed by atoms with Crippen molar-refractivity contribution in [1.82, 2.24) is 9.88 Å². The van der Waals surface area contributed by atoms with Crippen molar-refractivity contribution < 1.29 is 13.2 Å². The van der Waals surface area contributed by atoms with E-state index in [2.05, 4.69) is 65.4 Å². The van der Waals surface area contributed by atoms with E-state index in [1.807, 2.05) is 30.5 Å². The highest BCUT2D eigenvalue weighted by Gasteiger charge is 2.38. The van der Waals surface area contributed by atoms with Gasteiger partial charge < -0.3 is 25.3 Å². The van der Waals surface area contributed by atoms with Crippen molar-refractivity contribution in [2.24, 2.45) is 10.7 Å². The summed E-state index contributed by atoms with van der Waals surface area (Å²) in [6.07, 6.45) is 3.70. The molecule has 1 fully saturated rings. The molecule has 1 unspecified atom stereocenters. The number of aromatic nitrogens is 1. The molecule has 0 amide bonds. The molecule has 42 heavy (non-hydrogen) atoms. The van der Waals surface area contributed by atoms with Crippen LogP contribution in [0.1, 0.15) is 36.1 Å². The first-order valence-electron chi connectivity index (χ1n) is 14.3. The number of methoxy groups -OCH3 is 1. The lowest BCUT2D eigenvalue weighted by atomic mass is 9.99. The second-order valence-electron chi connectivity index (χ2n) is 11.7. The smallest absolute Gasteiger partial charge is 0.232 e. The number of ether oxygens (including phenoxy) is 1. The monoisotopic (exact) mass is 592 g/mol. The number of aliphatic imine (C=N–C) groups is 1. The highest BCUT2D eigenvalue weighted by atomic mass is 32.2. The van der Waals surface area contributed by atoms with Crippen molar-refractivity contribution in [3.63, 3.8) is 0 Å². The summed E-state index contributed by atoms with van der Waals surface area (Å²) < 4.78 is 32.6. The highest BCUT2D eigenvalue weighted by Crippen LogP contribution is 2.41. The average Bonchev–Trinajstić information content (AvgIpc) is 3.59. The van der Waals surface area contributed by atoms with Gasteiger partial charge in [0.2, 0.25) is 15.8 Å². The molecule has 0 saturated carbocycles. The molecule has 0 spiro atoms. The van der Waals surface area contributed by atoms with Crippen LogP contribution in [0.5, 0.6) is 5.75 Å². The van der Waals surface area contributed by atoms with E-state index in [-0.39, 0.29) is 0 Å². The second kappa shape index (κ2) is 10.2. The van der Waals surface area contributed by atoms with Gasteiger partial charge in [0.1, 0.15) is 17.4 Å². The first-order chi connectivity index (χ1) is 19.9. The number of H-pyrrole nitrogens is 1. The van der Waals surface area contributed by atoms with Gasteiger partial charge in [-0.05, 0) is 63.6 Å². The number of rotatable bonds is 5. The lowest BCUT2D eigenvalue weighted by Crippen LogP contribution is -2.55. The van der Waals surface area contributed by atoms with Crippen LogP contribution in [0.2, 0.25) is 0 Å². The van der Waals surface area contributed by atoms with Gasteiger partial charge in [-0.3, -0.25) is 14.9 Å². The molecule has 12 heteroatoms. The van der Waals surface area contributed by atoms with Crippen LogP contribution in [-0.2, 0) is 22.2 Å². The van der Waals surface area contributed by atoms with E-state index in [4.69, 9.17) is 15.5 Å². The predicted molar refractivity (Wildman–Crippen MR) is 169 cm³/mol. The van der Waals surface area contributed by atoms with Crippen LogP contribution < -0.4 is 30.3 Å². The van der Waals surface area contributed by atoms with Crippen LogP contribution in [0.25, 0.3) is 0 Å². The summed E-state index contributed by atoms with van der Waals surface area (Å²) in [5, 5.41) is 6.81. The fourth-order valence-corrected chi connectivity index (χ4v) is 7.39. The highest BCUT2D eigenvalue weighted by molar-refractivity contribution is 7.92. The van der Waals surface area contributed by atoms with E-state index in [1.54, 1.807) is 7.11 Å². The zero-order valence-corrected chi connectivity index (χ0v) is 25.8. The molecule has 1 saturated heterocycles. The normalized spacial score (nSPS) is 24.1. The van der Waals surface area contributed by atoms with Crippen LogP contribution in [0.15, 0.2) is 47.6 Å². The van der Waals surface area contributed by atoms with E-state index < -0.39 is 15.8 Å². The SMILES string of the molecule is COc1cc(N2C[C@@H](C)N(C)[C@@H](C)C2)c(C)cc1C1(N)N=C(Nc2cccc3c2N(S(C)(=O)=O)CC3)c2cc[nH]c2N1. The molecular weight excluding hydrogens is 552 g/mol. The van der Waals surface area contributed by atoms with E-state index in [0.29, 0.717) is 59.4 Å². The molecule has 11 nitrogen and oxygen atoms in total. The van der Waals surface area contributed by atoms with Gasteiger partial charge in [0.05, 0.1) is 35.9 Å². The fourth-order valence-electron chi connectivity index (χ4n) is 6.42. The van der Waals surface area contributed by atoms with Crippen molar-refractivity contribution in [3.05, 3.63) is 64.8 Å². The van der Waals surface area contributed by atoms with Gasteiger partial charge in [-0.25, -0.2) is 13.4 Å². The average molecular weight is 593 g/mol. The van der Waals surface area contributed by atoms with Crippen LogP contribution in [0.4, 0.5) is 22.9 Å². The molecule has 224 valence electrons. The number of nitrogens with one attached hydrogen (secondary N) is 3. The number of piperazine rings is 1. The maximum absolute atomic E-state index is 12.6. The number of likely N-dealkylation sites (N-methyl/N-ethyl adjacent to an activating group) is 1. The molecule has 3 aliphatic rings. The number of benzene rings is 2. The van der Waals surface area contributed by atoms with Gasteiger partial charge in [-0.15, -0.1) is 0 Å². The number of amidine groups is 1. The summed E-state index contributed by atoms with van der Waals surface area (Å²) in [5.41, 5.74) is 13.0. The Morgan fingerprint density at radius 1 is 1.17 bits per heavy atom. The molecule has 2 aromatic carbocycles. The first kappa shape index (κ1) is 28.4. The molecule has 0 aliphatic carbocycles. The minimum Gasteiger partial charge on any atom is -0.496 e. The number of nitrogens with zero attached hydrogens (tertiary/aromatic N) is 4. The molecule has 3 aliphatic heterocycles. The van der Waals surface area contributed by atoms with E-state index >= 15 is 0 Å². The Labute approximate surface area is 247 Å². The van der Waals surface area contributed by atoms with E-state index in [9.17, 15) is 8.42 Å². The minimum atomic E-state index is -3.45. The third-order valence-electron chi connectivity index (χ3n) is 8.84. The topological polar surface area (TPSA) is 131 Å². The maximum atomic E-state index is 12.6. The summed E-state index contributed by atoms with van der Waals surface area (Å²) in [5.74, 6) is 0.484. The lowest BCUT2D eigenvalue weighted by Gasteiger charge is -2.44. The standard InChI is InChI=1S/C30H40N8O3S/c1-18-14-23(26(41-5)15-25(18)37-16-19(2)36(4)20(3)17-37)30(31)34-28-22(10-12-32-28)29(35-30)33-24-9-7-8-21-11-13-38(27(21)24)42(6,39)40/h7-10,12,14-15,19-20,32,34H,11,13,16-17,31H2,1-6H3,(H,33,35)/t19-,20+,30?. The largest absolute Gasteiger partial charge is 0.496 e. The molecule has 4 heterocycles. The van der Waals surface area contributed by atoms with Crippen molar-refractivity contribution in [1.29, 1.82) is 0 Å². The molecule has 5 N–H and O–H groups in total. The van der Waals surface area contributed by atoms with E-state index in [0.717, 1.165) is 35.5 Å². The molecule has 6 rings (SSSR count). The molecule has 3 atom stereocenters. The minimum absolute atomic E-state index is 0.408. The third kappa shape index (κ3) is 4.77. The van der Waals surface area contributed by atoms with Gasteiger partial charge in [-0.2, -0.15) is 0 Å². The molecular formula is C30H40N8O3S. The van der Waals surface area contributed by atoms with Gasteiger partial charge >= 0.3 is 0 Å². The van der Waals surface area contributed by atoms with Crippen LogP contribution in [0.3, 0.4) is 0 Å². The molecule has 1 aromatic heterocycles. The Kier molecular flexibility index (Phi) is 6.90. The van der Waals surface area contributed by atoms with Crippen molar-refractivity contribution >= 4 is 38.7 Å². The van der Waals surface area contributed by atoms with Crippen molar-refractivity contribution in [2.75, 3.05) is 59.9 Å². The third-order valence-corrected chi connectivity index (χ3v) is 10.0. The number of aromatic amines is 1. The summed E-state index contributed by atoms with van der Waals surface area (Å²) in [7, 11) is 0.381. The van der Waals surface area contributed by atoms with E-state index in [1.165, 1.54) is 10.6 Å². The number of sulfonamides is 1. The van der Waals surface area contributed by atoms with Crippen LogP contribution in [0, 0.1) is 6.92 Å². The molecule has 0 radical (unpaired) electrons. The summed E-state index contributed by atoms with van der Waals surface area (Å²) in [4.78, 5) is 13.1. The van der Waals surface area contributed by atoms with Crippen molar-refractivity contribution in [2.45, 2.75) is 45.1 Å². The second-order valence-corrected chi connectivity index (χ2v) is 13.7. The zero-order chi connectivity index (χ0) is 30.0. The number of para-hydroxylation sites is 1. The zero-order valence-electron chi connectivity index (χ0n) is 25.0.